The number of aryl methyl sites for hydroxylation is 1. The summed E-state index contributed by atoms with van der Waals surface area (Å²) >= 11 is 4.39. The lowest BCUT2D eigenvalue weighted by atomic mass is 9.98. The van der Waals surface area contributed by atoms with Crippen molar-refractivity contribution >= 4 is 35.1 Å². The fourth-order valence-corrected chi connectivity index (χ4v) is 3.59. The summed E-state index contributed by atoms with van der Waals surface area (Å²) in [6.45, 7) is 10.8. The number of nitrogens with one attached hydrogen (secondary N) is 1. The van der Waals surface area contributed by atoms with E-state index in [1.54, 1.807) is 11.0 Å². The van der Waals surface area contributed by atoms with Gasteiger partial charge in [0.15, 0.2) is 0 Å². The number of fused-ring (bicyclic) bond motifs is 1. The van der Waals surface area contributed by atoms with E-state index in [0.717, 1.165) is 23.1 Å². The van der Waals surface area contributed by atoms with Gasteiger partial charge in [-0.15, -0.1) is 12.6 Å². The number of amidine groups is 1. The summed E-state index contributed by atoms with van der Waals surface area (Å²) in [6.07, 6.45) is 2.03. The minimum absolute atomic E-state index is 0.0163. The molecule has 5 nitrogen and oxygen atoms in total. The van der Waals surface area contributed by atoms with E-state index in [9.17, 15) is 10.2 Å². The van der Waals surface area contributed by atoms with Gasteiger partial charge >= 0.3 is 0 Å². The van der Waals surface area contributed by atoms with Crippen molar-refractivity contribution in [3.05, 3.63) is 65.3 Å². The third-order valence-corrected chi connectivity index (χ3v) is 5.06. The monoisotopic (exact) mass is 395 g/mol. The van der Waals surface area contributed by atoms with Gasteiger partial charge in [0.05, 0.1) is 10.6 Å². The van der Waals surface area contributed by atoms with Crippen molar-refractivity contribution < 1.29 is 10.2 Å². The molecule has 0 amide bonds. The minimum atomic E-state index is -0.162. The lowest BCUT2D eigenvalue weighted by Crippen LogP contribution is -2.28. The lowest BCUT2D eigenvalue weighted by Gasteiger charge is -2.26. The molecule has 0 aliphatic carbocycles. The highest BCUT2D eigenvalue weighted by Crippen LogP contribution is 2.35. The standard InChI is InChI=1S/C22H25N3O2S/c1-5-24-9-8-15-10-16(6-7-19(15)24)25(14(4)28)22(23)18-11-17(13(2)3)20(26)12-21(18)27/h6-13,23,26-28H,4-5H2,1-3H3. The summed E-state index contributed by atoms with van der Waals surface area (Å²) in [7, 11) is 0. The van der Waals surface area contributed by atoms with Crippen molar-refractivity contribution in [1.29, 1.82) is 5.41 Å². The topological polar surface area (TPSA) is 72.5 Å². The number of anilines is 1. The van der Waals surface area contributed by atoms with E-state index in [0.29, 0.717) is 16.2 Å². The van der Waals surface area contributed by atoms with Gasteiger partial charge in [-0.25, -0.2) is 0 Å². The number of phenolic OH excluding ortho intramolecular Hbond substituents is 2. The van der Waals surface area contributed by atoms with Crippen molar-refractivity contribution in [1.82, 2.24) is 4.57 Å². The number of aromatic hydroxyl groups is 2. The highest BCUT2D eigenvalue weighted by Gasteiger charge is 2.21. The van der Waals surface area contributed by atoms with Crippen LogP contribution in [-0.2, 0) is 6.54 Å². The molecule has 28 heavy (non-hydrogen) atoms. The van der Waals surface area contributed by atoms with Crippen LogP contribution < -0.4 is 4.90 Å². The molecule has 0 saturated carbocycles. The van der Waals surface area contributed by atoms with Gasteiger partial charge in [-0.05, 0) is 48.7 Å². The Morgan fingerprint density at radius 2 is 1.89 bits per heavy atom. The van der Waals surface area contributed by atoms with Crippen molar-refractivity contribution in [2.75, 3.05) is 4.90 Å². The molecule has 6 heteroatoms. The lowest BCUT2D eigenvalue weighted by molar-refractivity contribution is 0.443. The number of nitrogens with zero attached hydrogens (tertiary/aromatic N) is 2. The van der Waals surface area contributed by atoms with E-state index in [2.05, 4.69) is 30.7 Å². The Labute approximate surface area is 170 Å². The fourth-order valence-electron chi connectivity index (χ4n) is 3.38. The number of hydrogen-bond acceptors (Lipinski definition) is 4. The van der Waals surface area contributed by atoms with Crippen LogP contribution in [0.1, 0.15) is 37.8 Å². The minimum Gasteiger partial charge on any atom is -0.508 e. The van der Waals surface area contributed by atoms with Crippen LogP contribution in [0.3, 0.4) is 0 Å². The smallest absolute Gasteiger partial charge is 0.141 e. The molecule has 146 valence electrons. The molecular weight excluding hydrogens is 370 g/mol. The first-order valence-electron chi connectivity index (χ1n) is 9.16. The zero-order chi connectivity index (χ0) is 20.6. The normalized spacial score (nSPS) is 11.2. The summed E-state index contributed by atoms with van der Waals surface area (Å²) < 4.78 is 2.14. The average molecular weight is 396 g/mol. The highest BCUT2D eigenvalue weighted by molar-refractivity contribution is 7.84. The second kappa shape index (κ2) is 7.64. The molecular formula is C22H25N3O2S. The van der Waals surface area contributed by atoms with Crippen molar-refractivity contribution in [3.63, 3.8) is 0 Å². The van der Waals surface area contributed by atoms with Crippen LogP contribution in [0.25, 0.3) is 10.9 Å². The Bertz CT molecular complexity index is 1070. The van der Waals surface area contributed by atoms with Gasteiger partial charge in [0.25, 0.3) is 0 Å². The molecule has 0 aliphatic rings. The third-order valence-electron chi connectivity index (χ3n) is 4.86. The number of rotatable bonds is 5. The van der Waals surface area contributed by atoms with Gasteiger partial charge in [-0.3, -0.25) is 10.3 Å². The summed E-state index contributed by atoms with van der Waals surface area (Å²) in [5.41, 5.74) is 2.81. The Kier molecular flexibility index (Phi) is 5.42. The molecule has 0 unspecified atom stereocenters. The first-order valence-corrected chi connectivity index (χ1v) is 9.61. The largest absolute Gasteiger partial charge is 0.508 e. The van der Waals surface area contributed by atoms with Gasteiger partial charge in [0.2, 0.25) is 0 Å². The number of thiol groups is 1. The first-order chi connectivity index (χ1) is 13.2. The molecule has 1 heterocycles. The SMILES string of the molecule is C=C(S)N(C(=N)c1cc(C(C)C)c(O)cc1O)c1ccc2c(ccn2CC)c1. The zero-order valence-electron chi connectivity index (χ0n) is 16.3. The summed E-state index contributed by atoms with van der Waals surface area (Å²) in [6, 6.07) is 10.8. The molecule has 3 N–H and O–H groups in total. The molecule has 2 aromatic carbocycles. The molecule has 3 aromatic rings. The van der Waals surface area contributed by atoms with Crippen LogP contribution in [0, 0.1) is 5.41 Å². The summed E-state index contributed by atoms with van der Waals surface area (Å²) in [5.74, 6) is -0.0639. The van der Waals surface area contributed by atoms with Crippen LogP contribution in [-0.4, -0.2) is 20.6 Å². The van der Waals surface area contributed by atoms with Crippen LogP contribution in [0.4, 0.5) is 5.69 Å². The maximum absolute atomic E-state index is 10.4. The van der Waals surface area contributed by atoms with Crippen LogP contribution >= 0.6 is 12.6 Å². The molecule has 0 fully saturated rings. The van der Waals surface area contributed by atoms with E-state index in [-0.39, 0.29) is 23.3 Å². The van der Waals surface area contributed by atoms with Crippen LogP contribution in [0.5, 0.6) is 11.5 Å². The Balaban J connectivity index is 2.09. The van der Waals surface area contributed by atoms with Crippen LogP contribution in [0.15, 0.2) is 54.2 Å². The molecule has 0 bridgehead atoms. The highest BCUT2D eigenvalue weighted by atomic mass is 32.1. The second-order valence-electron chi connectivity index (χ2n) is 7.03. The van der Waals surface area contributed by atoms with Crippen molar-refractivity contribution in [2.45, 2.75) is 33.2 Å². The van der Waals surface area contributed by atoms with Gasteiger partial charge < -0.3 is 14.8 Å². The average Bonchev–Trinajstić information content (AvgIpc) is 3.03. The molecule has 0 saturated heterocycles. The molecule has 0 radical (unpaired) electrons. The molecule has 1 aromatic heterocycles. The zero-order valence-corrected chi connectivity index (χ0v) is 17.2. The van der Waals surface area contributed by atoms with Gasteiger partial charge in [0, 0.05) is 35.4 Å². The predicted molar refractivity (Wildman–Crippen MR) is 119 cm³/mol. The fraction of sp³-hybridized carbons (Fsp3) is 0.227. The maximum Gasteiger partial charge on any atom is 0.141 e. The van der Waals surface area contributed by atoms with E-state index in [1.165, 1.54) is 6.07 Å². The van der Waals surface area contributed by atoms with Crippen molar-refractivity contribution in [3.8, 4) is 11.5 Å². The first kappa shape index (κ1) is 19.9. The Morgan fingerprint density at radius 1 is 1.18 bits per heavy atom. The van der Waals surface area contributed by atoms with Gasteiger partial charge in [-0.2, -0.15) is 0 Å². The van der Waals surface area contributed by atoms with Gasteiger partial charge in [0.1, 0.15) is 17.3 Å². The molecule has 0 spiro atoms. The maximum atomic E-state index is 10.4. The van der Waals surface area contributed by atoms with E-state index in [4.69, 9.17) is 5.41 Å². The Hall–Kier alpha value is -2.86. The molecule has 0 atom stereocenters. The summed E-state index contributed by atoms with van der Waals surface area (Å²) in [4.78, 5) is 1.57. The van der Waals surface area contributed by atoms with E-state index in [1.807, 2.05) is 44.3 Å². The third kappa shape index (κ3) is 3.47. The quantitative estimate of drug-likeness (QED) is 0.264. The second-order valence-corrected chi connectivity index (χ2v) is 7.54. The number of phenols is 2. The Morgan fingerprint density at radius 3 is 2.50 bits per heavy atom. The number of hydrogen-bond donors (Lipinski definition) is 4. The number of benzene rings is 2. The number of aromatic nitrogens is 1. The molecule has 0 aliphatic heterocycles. The van der Waals surface area contributed by atoms with E-state index < -0.39 is 0 Å². The van der Waals surface area contributed by atoms with Crippen LogP contribution in [0.2, 0.25) is 0 Å². The van der Waals surface area contributed by atoms with Crippen molar-refractivity contribution in [2.24, 2.45) is 0 Å². The van der Waals surface area contributed by atoms with Gasteiger partial charge in [-0.1, -0.05) is 20.4 Å². The predicted octanol–water partition coefficient (Wildman–Crippen LogP) is 5.43. The summed E-state index contributed by atoms with van der Waals surface area (Å²) in [5, 5.41) is 30.6. The van der Waals surface area contributed by atoms with E-state index >= 15 is 0 Å². The molecule has 3 rings (SSSR count).